The summed E-state index contributed by atoms with van der Waals surface area (Å²) in [5, 5.41) is 11.6. The lowest BCUT2D eigenvalue weighted by Gasteiger charge is -2.24. The lowest BCUT2D eigenvalue weighted by molar-refractivity contribution is -0.115. The summed E-state index contributed by atoms with van der Waals surface area (Å²) in [6.07, 6.45) is 0.819. The molecule has 1 aromatic carbocycles. The summed E-state index contributed by atoms with van der Waals surface area (Å²) >= 11 is 1.21. The molecule has 8 nitrogen and oxygen atoms in total. The van der Waals surface area contributed by atoms with E-state index in [1.165, 1.54) is 11.8 Å². The number of carbonyl (C=O) groups is 3. The summed E-state index contributed by atoms with van der Waals surface area (Å²) in [4.78, 5) is 36.6. The summed E-state index contributed by atoms with van der Waals surface area (Å²) in [5.74, 6) is 0.410. The van der Waals surface area contributed by atoms with Gasteiger partial charge in [-0.3, -0.25) is 14.4 Å². The van der Waals surface area contributed by atoms with Crippen LogP contribution in [0, 0.1) is 6.92 Å². The third kappa shape index (κ3) is 7.22. The minimum absolute atomic E-state index is 0.110. The minimum atomic E-state index is -0.444. The van der Waals surface area contributed by atoms with E-state index in [1.54, 1.807) is 44.2 Å². The van der Waals surface area contributed by atoms with Crippen molar-refractivity contribution < 1.29 is 18.9 Å². The molecular weight excluding hydrogens is 404 g/mol. The highest BCUT2D eigenvalue weighted by atomic mass is 32.2. The molecule has 2 rings (SSSR count). The summed E-state index contributed by atoms with van der Waals surface area (Å²) in [6.45, 7) is 9.38. The number of hydrogen-bond donors (Lipinski definition) is 3. The molecule has 9 heteroatoms. The molecule has 3 N–H and O–H groups in total. The second-order valence-electron chi connectivity index (χ2n) is 7.58. The van der Waals surface area contributed by atoms with Crippen LogP contribution in [-0.2, 0) is 9.59 Å². The molecule has 0 fully saturated rings. The zero-order chi connectivity index (χ0) is 22.3. The van der Waals surface area contributed by atoms with Gasteiger partial charge in [-0.15, -0.1) is 11.8 Å². The van der Waals surface area contributed by atoms with Crippen LogP contribution in [-0.4, -0.2) is 39.4 Å². The van der Waals surface area contributed by atoms with Crippen LogP contribution in [0.1, 0.15) is 50.2 Å². The van der Waals surface area contributed by atoms with Gasteiger partial charge in [0, 0.05) is 22.9 Å². The molecule has 0 saturated carbocycles. The third-order valence-corrected chi connectivity index (χ3v) is 5.62. The van der Waals surface area contributed by atoms with Crippen molar-refractivity contribution in [1.29, 1.82) is 0 Å². The highest BCUT2D eigenvalue weighted by molar-refractivity contribution is 8.01. The Morgan fingerprint density at radius 2 is 1.83 bits per heavy atom. The van der Waals surface area contributed by atoms with Gasteiger partial charge in [0.05, 0.1) is 11.0 Å². The second kappa shape index (κ2) is 10.3. The molecule has 1 heterocycles. The monoisotopic (exact) mass is 432 g/mol. The maximum atomic E-state index is 12.3. The fourth-order valence-corrected chi connectivity index (χ4v) is 2.98. The predicted octanol–water partition coefficient (Wildman–Crippen LogP) is 3.60. The van der Waals surface area contributed by atoms with E-state index >= 15 is 0 Å². The molecule has 162 valence electrons. The molecule has 0 aliphatic rings. The normalized spacial score (nSPS) is 12.2. The van der Waals surface area contributed by atoms with E-state index in [1.807, 2.05) is 20.8 Å². The van der Waals surface area contributed by atoms with Crippen molar-refractivity contribution in [2.24, 2.45) is 0 Å². The highest BCUT2D eigenvalue weighted by Gasteiger charge is 2.19. The number of carbonyl (C=O) groups excluding carboxylic acids is 3. The molecule has 2 aromatic rings. The van der Waals surface area contributed by atoms with E-state index in [2.05, 4.69) is 21.1 Å². The SMILES string of the molecule is CCC(C)(C)NC(=O)c1ccc(NC(=O)CSC(C)C(=O)Nc2cc(C)on2)cc1. The zero-order valence-electron chi connectivity index (χ0n) is 17.9. The van der Waals surface area contributed by atoms with Crippen molar-refractivity contribution in [2.45, 2.75) is 51.8 Å². The largest absolute Gasteiger partial charge is 0.360 e. The Bertz CT molecular complexity index is 893. The van der Waals surface area contributed by atoms with E-state index in [-0.39, 0.29) is 29.0 Å². The fraction of sp³-hybridized carbons (Fsp3) is 0.429. The first-order valence-corrected chi connectivity index (χ1v) is 10.7. The molecule has 0 radical (unpaired) electrons. The van der Waals surface area contributed by atoms with Crippen molar-refractivity contribution in [3.8, 4) is 0 Å². The van der Waals surface area contributed by atoms with Crippen LogP contribution in [0.4, 0.5) is 11.5 Å². The molecule has 0 bridgehead atoms. The number of aromatic nitrogens is 1. The highest BCUT2D eigenvalue weighted by Crippen LogP contribution is 2.16. The minimum Gasteiger partial charge on any atom is -0.360 e. The van der Waals surface area contributed by atoms with Gasteiger partial charge in [-0.05, 0) is 58.4 Å². The molecule has 0 aliphatic carbocycles. The maximum Gasteiger partial charge on any atom is 0.251 e. The van der Waals surface area contributed by atoms with Crippen LogP contribution >= 0.6 is 11.8 Å². The first-order chi connectivity index (χ1) is 14.1. The topological polar surface area (TPSA) is 113 Å². The van der Waals surface area contributed by atoms with Crippen LogP contribution in [0.5, 0.6) is 0 Å². The van der Waals surface area contributed by atoms with Gasteiger partial charge >= 0.3 is 0 Å². The Morgan fingerprint density at radius 3 is 2.40 bits per heavy atom. The first kappa shape index (κ1) is 23.5. The van der Waals surface area contributed by atoms with E-state index in [0.717, 1.165) is 6.42 Å². The average Bonchev–Trinajstić information content (AvgIpc) is 3.10. The number of hydrogen-bond acceptors (Lipinski definition) is 6. The van der Waals surface area contributed by atoms with E-state index in [4.69, 9.17) is 4.52 Å². The molecule has 0 spiro atoms. The number of nitrogens with zero attached hydrogens (tertiary/aromatic N) is 1. The van der Waals surface area contributed by atoms with Crippen LogP contribution in [0.3, 0.4) is 0 Å². The van der Waals surface area contributed by atoms with Gasteiger partial charge in [0.2, 0.25) is 11.8 Å². The van der Waals surface area contributed by atoms with E-state index in [0.29, 0.717) is 22.8 Å². The van der Waals surface area contributed by atoms with Gasteiger partial charge in [-0.1, -0.05) is 12.1 Å². The van der Waals surface area contributed by atoms with Crippen LogP contribution < -0.4 is 16.0 Å². The van der Waals surface area contributed by atoms with Gasteiger partial charge in [-0.25, -0.2) is 0 Å². The molecular formula is C21H28N4O4S. The standard InChI is InChI=1S/C21H28N4O4S/c1-6-21(4,5)24-20(28)15-7-9-16(10-8-15)22-18(26)12-30-14(3)19(27)23-17-11-13(2)29-25-17/h7-11,14H,6,12H2,1-5H3,(H,22,26)(H,24,28)(H,23,25,27). The number of aryl methyl sites for hydroxylation is 1. The molecule has 1 aromatic heterocycles. The average molecular weight is 433 g/mol. The van der Waals surface area contributed by atoms with Crippen molar-refractivity contribution in [1.82, 2.24) is 10.5 Å². The van der Waals surface area contributed by atoms with E-state index < -0.39 is 5.25 Å². The van der Waals surface area contributed by atoms with Crippen molar-refractivity contribution >= 4 is 41.0 Å². The van der Waals surface area contributed by atoms with Crippen LogP contribution in [0.25, 0.3) is 0 Å². The molecule has 3 amide bonds. The zero-order valence-corrected chi connectivity index (χ0v) is 18.7. The van der Waals surface area contributed by atoms with Gasteiger partial charge in [-0.2, -0.15) is 0 Å². The van der Waals surface area contributed by atoms with Gasteiger partial charge in [0.25, 0.3) is 5.91 Å². The smallest absolute Gasteiger partial charge is 0.251 e. The molecule has 0 saturated heterocycles. The predicted molar refractivity (Wildman–Crippen MR) is 119 cm³/mol. The molecule has 1 atom stereocenters. The number of benzene rings is 1. The number of nitrogens with one attached hydrogen (secondary N) is 3. The summed E-state index contributed by atoms with van der Waals surface area (Å²) in [5.41, 5.74) is 0.829. The summed E-state index contributed by atoms with van der Waals surface area (Å²) < 4.78 is 4.90. The Balaban J connectivity index is 1.80. The number of anilines is 2. The molecule has 30 heavy (non-hydrogen) atoms. The second-order valence-corrected chi connectivity index (χ2v) is 8.91. The van der Waals surface area contributed by atoms with E-state index in [9.17, 15) is 14.4 Å². The first-order valence-electron chi connectivity index (χ1n) is 9.68. The molecule has 0 aliphatic heterocycles. The number of amides is 3. The number of thioether (sulfide) groups is 1. The van der Waals surface area contributed by atoms with Gasteiger partial charge in [0.15, 0.2) is 5.82 Å². The third-order valence-electron chi connectivity index (χ3n) is 4.48. The maximum absolute atomic E-state index is 12.3. The van der Waals surface area contributed by atoms with Gasteiger partial charge < -0.3 is 20.5 Å². The lowest BCUT2D eigenvalue weighted by Crippen LogP contribution is -2.42. The lowest BCUT2D eigenvalue weighted by atomic mass is 10.0. The van der Waals surface area contributed by atoms with Crippen LogP contribution in [0.15, 0.2) is 34.9 Å². The van der Waals surface area contributed by atoms with Crippen molar-refractivity contribution in [3.63, 3.8) is 0 Å². The van der Waals surface area contributed by atoms with Crippen molar-refractivity contribution in [2.75, 3.05) is 16.4 Å². The Morgan fingerprint density at radius 1 is 1.17 bits per heavy atom. The quantitative estimate of drug-likeness (QED) is 0.558. The Kier molecular flexibility index (Phi) is 8.05. The van der Waals surface area contributed by atoms with Crippen LogP contribution in [0.2, 0.25) is 0 Å². The molecule has 1 unspecified atom stereocenters. The number of rotatable bonds is 9. The Labute approximate surface area is 180 Å². The fourth-order valence-electron chi connectivity index (χ4n) is 2.30. The Hall–Kier alpha value is -2.81. The summed E-state index contributed by atoms with van der Waals surface area (Å²) in [7, 11) is 0. The van der Waals surface area contributed by atoms with Crippen molar-refractivity contribution in [3.05, 3.63) is 41.7 Å². The van der Waals surface area contributed by atoms with Gasteiger partial charge in [0.1, 0.15) is 5.76 Å². The summed E-state index contributed by atoms with van der Waals surface area (Å²) in [6, 6.07) is 8.31.